The zero-order valence-corrected chi connectivity index (χ0v) is 13.3. The molecule has 21 heavy (non-hydrogen) atoms. The highest BCUT2D eigenvalue weighted by Crippen LogP contribution is 2.34. The van der Waals surface area contributed by atoms with E-state index in [1.807, 2.05) is 13.8 Å². The lowest BCUT2D eigenvalue weighted by Gasteiger charge is -2.26. The molecule has 1 amide bonds. The normalized spacial score (nSPS) is 11.1. The van der Waals surface area contributed by atoms with Crippen LogP contribution in [0, 0.1) is 0 Å². The van der Waals surface area contributed by atoms with Crippen molar-refractivity contribution in [2.45, 2.75) is 32.4 Å². The molecule has 0 radical (unpaired) electrons. The van der Waals surface area contributed by atoms with Gasteiger partial charge in [-0.3, -0.25) is 4.79 Å². The van der Waals surface area contributed by atoms with Gasteiger partial charge >= 0.3 is 0 Å². The van der Waals surface area contributed by atoms with Crippen LogP contribution in [0.2, 0.25) is 0 Å². The van der Waals surface area contributed by atoms with E-state index in [9.17, 15) is 4.79 Å². The standard InChI is InChI=1S/C15H24N2O4/c1-15(2,8-14(16)18)17-9-11-12(20-4)6-10(19-3)7-13(11)21-5/h6-7,17H,8-9H2,1-5H3,(H2,16,18). The molecule has 1 rings (SSSR count). The fourth-order valence-corrected chi connectivity index (χ4v) is 2.08. The van der Waals surface area contributed by atoms with Gasteiger partial charge in [-0.2, -0.15) is 0 Å². The van der Waals surface area contributed by atoms with Crippen LogP contribution >= 0.6 is 0 Å². The Labute approximate surface area is 125 Å². The lowest BCUT2D eigenvalue weighted by atomic mass is 9.99. The van der Waals surface area contributed by atoms with E-state index in [1.54, 1.807) is 33.5 Å². The second-order valence-electron chi connectivity index (χ2n) is 5.39. The van der Waals surface area contributed by atoms with Gasteiger partial charge in [0.1, 0.15) is 17.2 Å². The summed E-state index contributed by atoms with van der Waals surface area (Å²) in [6.45, 7) is 4.32. The van der Waals surface area contributed by atoms with Crippen molar-refractivity contribution in [2.24, 2.45) is 5.73 Å². The van der Waals surface area contributed by atoms with Crippen molar-refractivity contribution in [3.05, 3.63) is 17.7 Å². The first kappa shape index (κ1) is 17.1. The van der Waals surface area contributed by atoms with Crippen molar-refractivity contribution in [3.8, 4) is 17.2 Å². The number of nitrogens with two attached hydrogens (primary N) is 1. The maximum atomic E-state index is 11.1. The Morgan fingerprint density at radius 1 is 1.14 bits per heavy atom. The molecule has 6 nitrogen and oxygen atoms in total. The van der Waals surface area contributed by atoms with Crippen LogP contribution in [-0.2, 0) is 11.3 Å². The van der Waals surface area contributed by atoms with E-state index in [0.29, 0.717) is 23.8 Å². The third kappa shape index (κ3) is 4.82. The van der Waals surface area contributed by atoms with Gasteiger partial charge in [0.05, 0.1) is 26.9 Å². The van der Waals surface area contributed by atoms with Crippen LogP contribution in [0.4, 0.5) is 0 Å². The maximum Gasteiger partial charge on any atom is 0.219 e. The monoisotopic (exact) mass is 296 g/mol. The molecule has 0 bridgehead atoms. The average Bonchev–Trinajstić information content (AvgIpc) is 2.42. The van der Waals surface area contributed by atoms with E-state index in [2.05, 4.69) is 5.32 Å². The molecule has 6 heteroatoms. The number of carbonyl (C=O) groups excluding carboxylic acids is 1. The topological polar surface area (TPSA) is 82.8 Å². The van der Waals surface area contributed by atoms with Crippen LogP contribution in [0.5, 0.6) is 17.2 Å². The quantitative estimate of drug-likeness (QED) is 0.759. The van der Waals surface area contributed by atoms with Crippen LogP contribution in [0.3, 0.4) is 0 Å². The average molecular weight is 296 g/mol. The SMILES string of the molecule is COc1cc(OC)c(CNC(C)(C)CC(N)=O)c(OC)c1. The van der Waals surface area contributed by atoms with Crippen LogP contribution in [0.1, 0.15) is 25.8 Å². The molecular weight excluding hydrogens is 272 g/mol. The van der Waals surface area contributed by atoms with Crippen LogP contribution in [-0.4, -0.2) is 32.8 Å². The predicted molar refractivity (Wildman–Crippen MR) is 80.8 cm³/mol. The van der Waals surface area contributed by atoms with Gasteiger partial charge in [-0.25, -0.2) is 0 Å². The third-order valence-corrected chi connectivity index (χ3v) is 3.18. The smallest absolute Gasteiger partial charge is 0.219 e. The number of primary amides is 1. The molecule has 0 saturated carbocycles. The molecule has 0 fully saturated rings. The van der Waals surface area contributed by atoms with E-state index in [-0.39, 0.29) is 12.3 Å². The van der Waals surface area contributed by atoms with Crippen molar-refractivity contribution in [2.75, 3.05) is 21.3 Å². The molecule has 0 atom stereocenters. The number of rotatable bonds is 8. The molecule has 118 valence electrons. The second kappa shape index (κ2) is 7.17. The van der Waals surface area contributed by atoms with Gasteiger partial charge < -0.3 is 25.3 Å². The summed E-state index contributed by atoms with van der Waals surface area (Å²) in [6.07, 6.45) is 0.244. The number of amides is 1. The van der Waals surface area contributed by atoms with E-state index in [1.165, 1.54) is 0 Å². The lowest BCUT2D eigenvalue weighted by Crippen LogP contribution is -2.42. The number of nitrogens with one attached hydrogen (secondary N) is 1. The van der Waals surface area contributed by atoms with Gasteiger partial charge in [0.2, 0.25) is 5.91 Å². The first-order valence-corrected chi connectivity index (χ1v) is 6.65. The van der Waals surface area contributed by atoms with E-state index < -0.39 is 5.54 Å². The van der Waals surface area contributed by atoms with Crippen molar-refractivity contribution < 1.29 is 19.0 Å². The number of hydrogen-bond acceptors (Lipinski definition) is 5. The first-order valence-electron chi connectivity index (χ1n) is 6.65. The highest BCUT2D eigenvalue weighted by molar-refractivity contribution is 5.75. The third-order valence-electron chi connectivity index (χ3n) is 3.18. The highest BCUT2D eigenvalue weighted by Gasteiger charge is 2.22. The molecule has 0 aliphatic heterocycles. The van der Waals surface area contributed by atoms with Gasteiger partial charge in [0, 0.05) is 30.6 Å². The fraction of sp³-hybridized carbons (Fsp3) is 0.533. The van der Waals surface area contributed by atoms with E-state index in [0.717, 1.165) is 5.56 Å². The Morgan fingerprint density at radius 3 is 2.05 bits per heavy atom. The maximum absolute atomic E-state index is 11.1. The number of ether oxygens (including phenoxy) is 3. The lowest BCUT2D eigenvalue weighted by molar-refractivity contribution is -0.119. The van der Waals surface area contributed by atoms with Gasteiger partial charge in [-0.05, 0) is 13.8 Å². The molecule has 0 saturated heterocycles. The predicted octanol–water partition coefficient (Wildman–Crippen LogP) is 1.46. The van der Waals surface area contributed by atoms with Gasteiger partial charge in [0.25, 0.3) is 0 Å². The van der Waals surface area contributed by atoms with Crippen molar-refractivity contribution >= 4 is 5.91 Å². The van der Waals surface area contributed by atoms with E-state index in [4.69, 9.17) is 19.9 Å². The first-order chi connectivity index (χ1) is 9.82. The number of benzene rings is 1. The zero-order chi connectivity index (χ0) is 16.0. The van der Waals surface area contributed by atoms with Gasteiger partial charge in [0.15, 0.2) is 0 Å². The largest absolute Gasteiger partial charge is 0.496 e. The summed E-state index contributed by atoms with van der Waals surface area (Å²) in [4.78, 5) is 11.1. The number of hydrogen-bond donors (Lipinski definition) is 2. The molecule has 0 aliphatic carbocycles. The van der Waals surface area contributed by atoms with Crippen molar-refractivity contribution in [3.63, 3.8) is 0 Å². The van der Waals surface area contributed by atoms with Crippen molar-refractivity contribution in [1.82, 2.24) is 5.32 Å². The van der Waals surface area contributed by atoms with Crippen LogP contribution in [0.25, 0.3) is 0 Å². The summed E-state index contributed by atoms with van der Waals surface area (Å²) in [5, 5.41) is 3.29. The molecule has 0 aromatic heterocycles. The summed E-state index contributed by atoms with van der Waals surface area (Å²) in [5.41, 5.74) is 5.70. The van der Waals surface area contributed by atoms with E-state index >= 15 is 0 Å². The summed E-state index contributed by atoms with van der Waals surface area (Å²) in [6, 6.07) is 3.58. The second-order valence-corrected chi connectivity index (χ2v) is 5.39. The Hall–Kier alpha value is -1.95. The number of carbonyl (C=O) groups is 1. The molecule has 0 heterocycles. The number of methoxy groups -OCH3 is 3. The molecular formula is C15H24N2O4. The molecule has 1 aromatic carbocycles. The summed E-state index contributed by atoms with van der Waals surface area (Å²) in [7, 11) is 4.76. The van der Waals surface area contributed by atoms with Crippen LogP contribution in [0.15, 0.2) is 12.1 Å². The van der Waals surface area contributed by atoms with Gasteiger partial charge in [-0.15, -0.1) is 0 Å². The minimum Gasteiger partial charge on any atom is -0.496 e. The Kier molecular flexibility index (Phi) is 5.84. The highest BCUT2D eigenvalue weighted by atomic mass is 16.5. The molecule has 3 N–H and O–H groups in total. The summed E-state index contributed by atoms with van der Waals surface area (Å²) in [5.74, 6) is 1.63. The molecule has 1 aromatic rings. The molecule has 0 spiro atoms. The Bertz CT molecular complexity index is 475. The zero-order valence-electron chi connectivity index (χ0n) is 13.3. The van der Waals surface area contributed by atoms with Crippen molar-refractivity contribution in [1.29, 1.82) is 0 Å². The van der Waals surface area contributed by atoms with Crippen LogP contribution < -0.4 is 25.3 Å². The summed E-state index contributed by atoms with van der Waals surface area (Å²) >= 11 is 0. The minimum atomic E-state index is -0.415. The Balaban J connectivity index is 2.99. The molecule has 0 unspecified atom stereocenters. The minimum absolute atomic E-state index is 0.244. The molecule has 0 aliphatic rings. The fourth-order valence-electron chi connectivity index (χ4n) is 2.08. The summed E-state index contributed by atoms with van der Waals surface area (Å²) < 4.78 is 16.0. The Morgan fingerprint density at radius 2 is 1.67 bits per heavy atom. The van der Waals surface area contributed by atoms with Gasteiger partial charge in [-0.1, -0.05) is 0 Å².